The summed E-state index contributed by atoms with van der Waals surface area (Å²) in [4.78, 5) is 0. The first-order chi connectivity index (χ1) is 8.20. The van der Waals surface area contributed by atoms with Gasteiger partial charge in [0.2, 0.25) is 0 Å². The second-order valence-corrected chi connectivity index (χ2v) is 4.90. The van der Waals surface area contributed by atoms with Crippen LogP contribution in [0.15, 0.2) is 18.2 Å². The maximum absolute atomic E-state index is 9.44. The lowest BCUT2D eigenvalue weighted by molar-refractivity contribution is 0.178. The average Bonchev–Trinajstić information content (AvgIpc) is 2.72. The van der Waals surface area contributed by atoms with E-state index < -0.39 is 0 Å². The number of aliphatic hydroxyl groups is 1. The maximum atomic E-state index is 9.44. The molecule has 4 heteroatoms. The van der Waals surface area contributed by atoms with Gasteiger partial charge in [-0.25, -0.2) is 0 Å². The molecule has 0 radical (unpaired) electrons. The summed E-state index contributed by atoms with van der Waals surface area (Å²) < 4.78 is 0. The zero-order valence-electron chi connectivity index (χ0n) is 9.49. The van der Waals surface area contributed by atoms with Crippen LogP contribution in [-0.2, 0) is 0 Å². The molecule has 2 unspecified atom stereocenters. The fourth-order valence-electron chi connectivity index (χ4n) is 2.27. The van der Waals surface area contributed by atoms with E-state index in [1.165, 1.54) is 0 Å². The molecule has 0 aromatic heterocycles. The Morgan fingerprint density at radius 2 is 2.29 bits per heavy atom. The first-order valence-corrected chi connectivity index (χ1v) is 6.19. The van der Waals surface area contributed by atoms with Crippen molar-refractivity contribution in [1.29, 1.82) is 5.26 Å². The van der Waals surface area contributed by atoms with Gasteiger partial charge in [0.05, 0.1) is 22.4 Å². The Bertz CT molecular complexity index is 442. The van der Waals surface area contributed by atoms with E-state index in [-0.39, 0.29) is 6.10 Å². The summed E-state index contributed by atoms with van der Waals surface area (Å²) in [6, 6.07) is 7.50. The third-order valence-electron chi connectivity index (χ3n) is 3.22. The van der Waals surface area contributed by atoms with Crippen LogP contribution in [0.5, 0.6) is 0 Å². The molecule has 0 amide bonds. The van der Waals surface area contributed by atoms with Crippen LogP contribution in [0.1, 0.15) is 24.8 Å². The molecular weight excluding hydrogens is 236 g/mol. The number of hydrogen-bond acceptors (Lipinski definition) is 3. The van der Waals surface area contributed by atoms with Gasteiger partial charge in [0.25, 0.3) is 0 Å². The number of benzene rings is 1. The molecule has 2 atom stereocenters. The molecule has 0 bridgehead atoms. The van der Waals surface area contributed by atoms with Gasteiger partial charge in [-0.2, -0.15) is 5.26 Å². The Hall–Kier alpha value is -1.24. The quantitative estimate of drug-likeness (QED) is 0.867. The topological polar surface area (TPSA) is 56.0 Å². The van der Waals surface area contributed by atoms with E-state index in [2.05, 4.69) is 11.4 Å². The van der Waals surface area contributed by atoms with Crippen LogP contribution in [-0.4, -0.2) is 17.8 Å². The molecule has 1 saturated carbocycles. The predicted molar refractivity (Wildman–Crippen MR) is 68.0 cm³/mol. The van der Waals surface area contributed by atoms with Crippen LogP contribution in [0.3, 0.4) is 0 Å². The number of nitriles is 1. The Kier molecular flexibility index (Phi) is 3.88. The fraction of sp³-hybridized carbons (Fsp3) is 0.462. The second-order valence-electron chi connectivity index (χ2n) is 4.49. The van der Waals surface area contributed by atoms with Crippen molar-refractivity contribution in [3.05, 3.63) is 28.8 Å². The average molecular weight is 251 g/mol. The van der Waals surface area contributed by atoms with Gasteiger partial charge in [0.15, 0.2) is 0 Å². The Labute approximate surface area is 106 Å². The van der Waals surface area contributed by atoms with Crippen LogP contribution in [0.4, 0.5) is 5.69 Å². The lowest BCUT2D eigenvalue weighted by Crippen LogP contribution is -2.13. The number of aliphatic hydroxyl groups excluding tert-OH is 1. The fourth-order valence-corrected chi connectivity index (χ4v) is 2.49. The summed E-state index contributed by atoms with van der Waals surface area (Å²) in [6.07, 6.45) is 2.61. The molecule has 1 aliphatic rings. The minimum absolute atomic E-state index is 0.156. The minimum atomic E-state index is -0.156. The van der Waals surface area contributed by atoms with Gasteiger partial charge < -0.3 is 10.4 Å². The summed E-state index contributed by atoms with van der Waals surface area (Å²) in [5.74, 6) is 0.482. The van der Waals surface area contributed by atoms with Gasteiger partial charge in [-0.05, 0) is 37.3 Å². The molecule has 1 aromatic rings. The normalized spacial score (nSPS) is 23.4. The standard InChI is InChI=1S/C13H15ClN2O/c14-12-2-1-3-13(11(12)7-15)16-8-9-4-5-10(17)6-9/h1-3,9-10,16-17H,4-6,8H2. The third kappa shape index (κ3) is 2.91. The first kappa shape index (κ1) is 12.2. The second kappa shape index (κ2) is 5.39. The lowest BCUT2D eigenvalue weighted by atomic mass is 10.1. The van der Waals surface area contributed by atoms with Crippen LogP contribution in [0.2, 0.25) is 5.02 Å². The van der Waals surface area contributed by atoms with Crippen LogP contribution >= 0.6 is 11.6 Å². The van der Waals surface area contributed by atoms with Gasteiger partial charge >= 0.3 is 0 Å². The lowest BCUT2D eigenvalue weighted by Gasteiger charge is -2.13. The summed E-state index contributed by atoms with van der Waals surface area (Å²) in [7, 11) is 0. The number of halogens is 1. The van der Waals surface area contributed by atoms with Gasteiger partial charge in [0.1, 0.15) is 6.07 Å². The Balaban J connectivity index is 2.00. The molecule has 2 N–H and O–H groups in total. The van der Waals surface area contributed by atoms with E-state index in [0.29, 0.717) is 16.5 Å². The highest BCUT2D eigenvalue weighted by Crippen LogP contribution is 2.27. The summed E-state index contributed by atoms with van der Waals surface area (Å²) in [5, 5.41) is 22.2. The maximum Gasteiger partial charge on any atom is 0.103 e. The van der Waals surface area contributed by atoms with E-state index >= 15 is 0 Å². The number of nitrogens with zero attached hydrogens (tertiary/aromatic N) is 1. The van der Waals surface area contributed by atoms with Crippen molar-refractivity contribution in [3.8, 4) is 6.07 Å². The molecule has 17 heavy (non-hydrogen) atoms. The van der Waals surface area contributed by atoms with Gasteiger partial charge in [-0.3, -0.25) is 0 Å². The zero-order chi connectivity index (χ0) is 12.3. The van der Waals surface area contributed by atoms with Gasteiger partial charge in [-0.15, -0.1) is 0 Å². The number of rotatable bonds is 3. The van der Waals surface area contributed by atoms with E-state index in [0.717, 1.165) is 31.5 Å². The van der Waals surface area contributed by atoms with E-state index in [4.69, 9.17) is 16.9 Å². The third-order valence-corrected chi connectivity index (χ3v) is 3.54. The molecule has 1 aromatic carbocycles. The molecule has 0 spiro atoms. The molecular formula is C13H15ClN2O. The van der Waals surface area contributed by atoms with Crippen molar-refractivity contribution in [3.63, 3.8) is 0 Å². The highest BCUT2D eigenvalue weighted by atomic mass is 35.5. The highest BCUT2D eigenvalue weighted by molar-refractivity contribution is 6.32. The molecule has 0 aliphatic heterocycles. The number of nitrogens with one attached hydrogen (secondary N) is 1. The van der Waals surface area contributed by atoms with E-state index in [1.54, 1.807) is 6.07 Å². The number of hydrogen-bond donors (Lipinski definition) is 2. The summed E-state index contributed by atoms with van der Waals surface area (Å²) in [6.45, 7) is 0.784. The van der Waals surface area contributed by atoms with E-state index in [1.807, 2.05) is 12.1 Å². The van der Waals surface area contributed by atoms with Crippen molar-refractivity contribution in [2.75, 3.05) is 11.9 Å². The van der Waals surface area contributed by atoms with Crippen molar-refractivity contribution in [2.24, 2.45) is 5.92 Å². The van der Waals surface area contributed by atoms with Gasteiger partial charge in [-0.1, -0.05) is 17.7 Å². The largest absolute Gasteiger partial charge is 0.393 e. The smallest absolute Gasteiger partial charge is 0.103 e. The van der Waals surface area contributed by atoms with Crippen molar-refractivity contribution in [2.45, 2.75) is 25.4 Å². The van der Waals surface area contributed by atoms with Crippen LogP contribution in [0.25, 0.3) is 0 Å². The van der Waals surface area contributed by atoms with Gasteiger partial charge in [0, 0.05) is 6.54 Å². The highest BCUT2D eigenvalue weighted by Gasteiger charge is 2.22. The molecule has 1 aliphatic carbocycles. The summed E-state index contributed by atoms with van der Waals surface area (Å²) in [5.41, 5.74) is 1.27. The number of anilines is 1. The monoisotopic (exact) mass is 250 g/mol. The predicted octanol–water partition coefficient (Wildman–Crippen LogP) is 2.78. The molecule has 1 fully saturated rings. The summed E-state index contributed by atoms with van der Waals surface area (Å²) >= 11 is 5.95. The first-order valence-electron chi connectivity index (χ1n) is 5.81. The zero-order valence-corrected chi connectivity index (χ0v) is 10.2. The van der Waals surface area contributed by atoms with Crippen LogP contribution in [0, 0.1) is 17.2 Å². The minimum Gasteiger partial charge on any atom is -0.393 e. The van der Waals surface area contributed by atoms with Crippen molar-refractivity contribution < 1.29 is 5.11 Å². The van der Waals surface area contributed by atoms with Crippen LogP contribution < -0.4 is 5.32 Å². The molecule has 90 valence electrons. The van der Waals surface area contributed by atoms with Crippen molar-refractivity contribution >= 4 is 17.3 Å². The molecule has 0 heterocycles. The Morgan fingerprint density at radius 3 is 2.94 bits per heavy atom. The SMILES string of the molecule is N#Cc1c(Cl)cccc1NCC1CCC(O)C1. The molecule has 3 nitrogen and oxygen atoms in total. The molecule has 2 rings (SSSR count). The van der Waals surface area contributed by atoms with Crippen molar-refractivity contribution in [1.82, 2.24) is 0 Å². The molecule has 0 saturated heterocycles. The van der Waals surface area contributed by atoms with E-state index in [9.17, 15) is 5.11 Å². The Morgan fingerprint density at radius 1 is 1.47 bits per heavy atom.